The van der Waals surface area contributed by atoms with Gasteiger partial charge in [-0.15, -0.1) is 0 Å². The van der Waals surface area contributed by atoms with Gasteiger partial charge >= 0.3 is 0 Å². The van der Waals surface area contributed by atoms with E-state index in [0.717, 1.165) is 25.4 Å². The number of piperazine rings is 1. The molecule has 1 aromatic carbocycles. The maximum Gasteiger partial charge on any atom is 0.224 e. The Bertz CT molecular complexity index is 501. The van der Waals surface area contributed by atoms with Gasteiger partial charge in [-0.05, 0) is 38.6 Å². The number of hydrogen-bond acceptors (Lipinski definition) is 4. The number of ether oxygens (including phenoxy) is 2. The Morgan fingerprint density at radius 1 is 1.26 bits per heavy atom. The first-order valence-electron chi connectivity index (χ1n) is 8.25. The van der Waals surface area contributed by atoms with Crippen molar-refractivity contribution in [1.29, 1.82) is 0 Å². The lowest BCUT2D eigenvalue weighted by molar-refractivity contribution is -0.134. The highest BCUT2D eigenvalue weighted by Crippen LogP contribution is 2.26. The highest BCUT2D eigenvalue weighted by molar-refractivity contribution is 5.76. The van der Waals surface area contributed by atoms with Gasteiger partial charge in [-0.2, -0.15) is 0 Å². The summed E-state index contributed by atoms with van der Waals surface area (Å²) in [6.07, 6.45) is 0.626. The lowest BCUT2D eigenvalue weighted by Crippen LogP contribution is -2.49. The third-order valence-corrected chi connectivity index (χ3v) is 4.16. The predicted molar refractivity (Wildman–Crippen MR) is 90.7 cm³/mol. The molecule has 1 saturated heterocycles. The van der Waals surface area contributed by atoms with E-state index in [1.165, 1.54) is 5.56 Å². The minimum absolute atomic E-state index is 0.171. The predicted octanol–water partition coefficient (Wildman–Crippen LogP) is 2.33. The first kappa shape index (κ1) is 17.8. The molecule has 1 aromatic rings. The molecule has 5 nitrogen and oxygen atoms in total. The summed E-state index contributed by atoms with van der Waals surface area (Å²) in [6, 6.07) is 8.44. The van der Waals surface area contributed by atoms with Crippen LogP contribution in [0, 0.1) is 0 Å². The van der Waals surface area contributed by atoms with Crippen LogP contribution in [0.2, 0.25) is 0 Å². The van der Waals surface area contributed by atoms with Gasteiger partial charge in [0.1, 0.15) is 5.75 Å². The van der Waals surface area contributed by atoms with E-state index >= 15 is 0 Å². The molecule has 0 aromatic heterocycles. The number of likely N-dealkylation sites (N-methyl/N-ethyl adjacent to an activating group) is 1. The van der Waals surface area contributed by atoms with Crippen LogP contribution in [0.1, 0.15) is 31.9 Å². The SMILES string of the molecule is COCCC(=O)N1CCN(C)C(c2ccc(OC(C)C)cc2)C1. The fraction of sp³-hybridized carbons (Fsp3) is 0.611. The standard InChI is InChI=1S/C18H28N2O3/c1-14(2)23-16-7-5-15(6-8-16)17-13-20(11-10-19(17)3)18(21)9-12-22-4/h5-8,14,17H,9-13H2,1-4H3. The van der Waals surface area contributed by atoms with Gasteiger partial charge in [0.25, 0.3) is 0 Å². The first-order chi connectivity index (χ1) is 11.0. The van der Waals surface area contributed by atoms with Crippen molar-refractivity contribution in [1.82, 2.24) is 9.80 Å². The summed E-state index contributed by atoms with van der Waals surface area (Å²) in [6.45, 7) is 6.91. The van der Waals surface area contributed by atoms with E-state index < -0.39 is 0 Å². The fourth-order valence-corrected chi connectivity index (χ4v) is 2.85. The van der Waals surface area contributed by atoms with Crippen LogP contribution in [0.3, 0.4) is 0 Å². The molecule has 1 atom stereocenters. The smallest absolute Gasteiger partial charge is 0.224 e. The lowest BCUT2D eigenvalue weighted by atomic mass is 10.0. The topological polar surface area (TPSA) is 42.0 Å². The van der Waals surface area contributed by atoms with Crippen molar-refractivity contribution in [2.24, 2.45) is 0 Å². The summed E-state index contributed by atoms with van der Waals surface area (Å²) >= 11 is 0. The van der Waals surface area contributed by atoms with E-state index in [1.54, 1.807) is 7.11 Å². The van der Waals surface area contributed by atoms with Crippen molar-refractivity contribution in [3.63, 3.8) is 0 Å². The second-order valence-electron chi connectivity index (χ2n) is 6.31. The van der Waals surface area contributed by atoms with Gasteiger partial charge in [0, 0.05) is 26.7 Å². The van der Waals surface area contributed by atoms with E-state index in [9.17, 15) is 4.79 Å². The number of methoxy groups -OCH3 is 1. The molecule has 0 saturated carbocycles. The first-order valence-corrected chi connectivity index (χ1v) is 8.25. The number of amides is 1. The van der Waals surface area contributed by atoms with Gasteiger partial charge in [-0.25, -0.2) is 0 Å². The second-order valence-corrected chi connectivity index (χ2v) is 6.31. The maximum absolute atomic E-state index is 12.2. The lowest BCUT2D eigenvalue weighted by Gasteiger charge is -2.39. The molecule has 1 amide bonds. The Morgan fingerprint density at radius 3 is 2.57 bits per heavy atom. The third kappa shape index (κ3) is 4.94. The summed E-state index contributed by atoms with van der Waals surface area (Å²) in [4.78, 5) is 16.5. The largest absolute Gasteiger partial charge is 0.491 e. The highest BCUT2D eigenvalue weighted by atomic mass is 16.5. The van der Waals surface area contributed by atoms with Crippen LogP contribution in [0.15, 0.2) is 24.3 Å². The molecule has 128 valence electrons. The van der Waals surface area contributed by atoms with Crippen LogP contribution in [0.4, 0.5) is 0 Å². The van der Waals surface area contributed by atoms with Crippen molar-refractivity contribution in [3.05, 3.63) is 29.8 Å². The molecular formula is C18H28N2O3. The molecule has 1 aliphatic rings. The van der Waals surface area contributed by atoms with Crippen LogP contribution < -0.4 is 4.74 Å². The molecule has 5 heteroatoms. The molecule has 0 N–H and O–H groups in total. The van der Waals surface area contributed by atoms with Crippen molar-refractivity contribution in [3.8, 4) is 5.75 Å². The summed E-state index contributed by atoms with van der Waals surface area (Å²) in [7, 11) is 3.74. The number of hydrogen-bond donors (Lipinski definition) is 0. The van der Waals surface area contributed by atoms with E-state index in [2.05, 4.69) is 24.1 Å². The number of carbonyl (C=O) groups excluding carboxylic acids is 1. The molecule has 2 rings (SSSR count). The second kappa shape index (κ2) is 8.31. The van der Waals surface area contributed by atoms with Gasteiger partial charge in [-0.3, -0.25) is 9.69 Å². The van der Waals surface area contributed by atoms with Crippen molar-refractivity contribution in [2.75, 3.05) is 40.4 Å². The zero-order chi connectivity index (χ0) is 16.8. The van der Waals surface area contributed by atoms with Gasteiger partial charge in [0.15, 0.2) is 0 Å². The maximum atomic E-state index is 12.2. The van der Waals surface area contributed by atoms with Crippen LogP contribution in [0.5, 0.6) is 5.75 Å². The van der Waals surface area contributed by atoms with E-state index in [0.29, 0.717) is 13.0 Å². The van der Waals surface area contributed by atoms with Crippen LogP contribution in [0.25, 0.3) is 0 Å². The van der Waals surface area contributed by atoms with Crippen LogP contribution in [-0.2, 0) is 9.53 Å². The molecule has 23 heavy (non-hydrogen) atoms. The molecule has 0 bridgehead atoms. The molecule has 1 heterocycles. The Morgan fingerprint density at radius 2 is 1.96 bits per heavy atom. The van der Waals surface area contributed by atoms with Gasteiger partial charge in [0.05, 0.1) is 25.2 Å². The number of carbonyl (C=O) groups is 1. The number of rotatable bonds is 6. The van der Waals surface area contributed by atoms with E-state index in [-0.39, 0.29) is 18.1 Å². The average Bonchev–Trinajstić information content (AvgIpc) is 2.53. The summed E-state index contributed by atoms with van der Waals surface area (Å²) in [5, 5.41) is 0. The van der Waals surface area contributed by atoms with Crippen molar-refractivity contribution in [2.45, 2.75) is 32.4 Å². The Balaban J connectivity index is 2.03. The fourth-order valence-electron chi connectivity index (χ4n) is 2.85. The van der Waals surface area contributed by atoms with Crippen LogP contribution in [-0.4, -0.2) is 62.2 Å². The summed E-state index contributed by atoms with van der Waals surface area (Å²) < 4.78 is 10.7. The highest BCUT2D eigenvalue weighted by Gasteiger charge is 2.28. The summed E-state index contributed by atoms with van der Waals surface area (Å²) in [5.41, 5.74) is 1.22. The van der Waals surface area contributed by atoms with Crippen LogP contribution >= 0.6 is 0 Å². The number of nitrogens with zero attached hydrogens (tertiary/aromatic N) is 2. The molecule has 1 aliphatic heterocycles. The third-order valence-electron chi connectivity index (χ3n) is 4.16. The minimum atomic E-state index is 0.171. The van der Waals surface area contributed by atoms with E-state index in [4.69, 9.17) is 9.47 Å². The van der Waals surface area contributed by atoms with Crippen molar-refractivity contribution < 1.29 is 14.3 Å². The quantitative estimate of drug-likeness (QED) is 0.807. The monoisotopic (exact) mass is 320 g/mol. The van der Waals surface area contributed by atoms with Gasteiger partial charge < -0.3 is 14.4 Å². The zero-order valence-electron chi connectivity index (χ0n) is 14.6. The normalized spacial score (nSPS) is 19.2. The molecule has 1 fully saturated rings. The Kier molecular flexibility index (Phi) is 6.42. The molecular weight excluding hydrogens is 292 g/mol. The number of benzene rings is 1. The Hall–Kier alpha value is -1.59. The van der Waals surface area contributed by atoms with Crippen molar-refractivity contribution >= 4 is 5.91 Å². The summed E-state index contributed by atoms with van der Waals surface area (Å²) in [5.74, 6) is 1.06. The molecule has 0 aliphatic carbocycles. The Labute approximate surface area is 139 Å². The molecule has 1 unspecified atom stereocenters. The zero-order valence-corrected chi connectivity index (χ0v) is 14.6. The average molecular weight is 320 g/mol. The molecule has 0 radical (unpaired) electrons. The minimum Gasteiger partial charge on any atom is -0.491 e. The van der Waals surface area contributed by atoms with Gasteiger partial charge in [0.2, 0.25) is 5.91 Å². The van der Waals surface area contributed by atoms with E-state index in [1.807, 2.05) is 30.9 Å². The molecule has 0 spiro atoms. The van der Waals surface area contributed by atoms with Gasteiger partial charge in [-0.1, -0.05) is 12.1 Å².